The molecule has 0 bridgehead atoms. The standard InChI is InChI=1S/C20H25BrN2O/c1-24-20-10-9-18(21)13-17(20)14-22-15-19(23-11-5-6-12-23)16-7-3-2-4-8-16/h2-4,7-10,13,19,22H,5-6,11-12,14-15H2,1H3. The van der Waals surface area contributed by atoms with Gasteiger partial charge in [-0.1, -0.05) is 46.3 Å². The van der Waals surface area contributed by atoms with E-state index in [1.807, 2.05) is 12.1 Å². The van der Waals surface area contributed by atoms with Gasteiger partial charge in [-0.2, -0.15) is 0 Å². The second-order valence-electron chi connectivity index (χ2n) is 6.26. The van der Waals surface area contributed by atoms with Crippen molar-refractivity contribution in [1.82, 2.24) is 10.2 Å². The molecule has 1 N–H and O–H groups in total. The molecular formula is C20H25BrN2O. The maximum absolute atomic E-state index is 5.47. The molecule has 0 spiro atoms. The summed E-state index contributed by atoms with van der Waals surface area (Å²) in [5, 5.41) is 3.64. The second kappa shape index (κ2) is 8.65. The van der Waals surface area contributed by atoms with Gasteiger partial charge in [-0.05, 0) is 49.7 Å². The maximum atomic E-state index is 5.47. The fraction of sp³-hybridized carbons (Fsp3) is 0.400. The van der Waals surface area contributed by atoms with E-state index in [-0.39, 0.29) is 0 Å². The monoisotopic (exact) mass is 388 g/mol. The Bertz CT molecular complexity index is 641. The van der Waals surface area contributed by atoms with Crippen LogP contribution >= 0.6 is 15.9 Å². The highest BCUT2D eigenvalue weighted by molar-refractivity contribution is 9.10. The van der Waals surface area contributed by atoms with Crippen molar-refractivity contribution in [3.05, 3.63) is 64.1 Å². The molecule has 2 aromatic rings. The van der Waals surface area contributed by atoms with E-state index < -0.39 is 0 Å². The van der Waals surface area contributed by atoms with Crippen LogP contribution in [-0.2, 0) is 6.54 Å². The predicted molar refractivity (Wildman–Crippen MR) is 102 cm³/mol. The molecule has 1 fully saturated rings. The fourth-order valence-electron chi connectivity index (χ4n) is 3.42. The minimum atomic E-state index is 0.437. The van der Waals surface area contributed by atoms with E-state index in [9.17, 15) is 0 Å². The van der Waals surface area contributed by atoms with Crippen LogP contribution in [-0.4, -0.2) is 31.6 Å². The minimum Gasteiger partial charge on any atom is -0.496 e. The van der Waals surface area contributed by atoms with Gasteiger partial charge in [0.05, 0.1) is 7.11 Å². The largest absolute Gasteiger partial charge is 0.496 e. The molecule has 1 unspecified atom stereocenters. The van der Waals surface area contributed by atoms with Crippen molar-refractivity contribution in [3.63, 3.8) is 0 Å². The zero-order chi connectivity index (χ0) is 16.8. The van der Waals surface area contributed by atoms with Crippen LogP contribution in [0, 0.1) is 0 Å². The lowest BCUT2D eigenvalue weighted by molar-refractivity contribution is 0.238. The number of rotatable bonds is 7. The predicted octanol–water partition coefficient (Wildman–Crippen LogP) is 4.38. The number of benzene rings is 2. The molecule has 1 atom stereocenters. The van der Waals surface area contributed by atoms with Crippen molar-refractivity contribution in [2.45, 2.75) is 25.4 Å². The third-order valence-electron chi connectivity index (χ3n) is 4.66. The van der Waals surface area contributed by atoms with Crippen molar-refractivity contribution in [2.24, 2.45) is 0 Å². The summed E-state index contributed by atoms with van der Waals surface area (Å²) < 4.78 is 6.55. The molecule has 1 heterocycles. The van der Waals surface area contributed by atoms with Gasteiger partial charge in [0.25, 0.3) is 0 Å². The summed E-state index contributed by atoms with van der Waals surface area (Å²) in [7, 11) is 1.73. The average molecular weight is 389 g/mol. The van der Waals surface area contributed by atoms with Gasteiger partial charge in [0, 0.05) is 29.2 Å². The average Bonchev–Trinajstić information content (AvgIpc) is 3.14. The molecule has 0 saturated carbocycles. The highest BCUT2D eigenvalue weighted by Gasteiger charge is 2.23. The summed E-state index contributed by atoms with van der Waals surface area (Å²) in [6, 6.07) is 17.4. The summed E-state index contributed by atoms with van der Waals surface area (Å²) in [6.45, 7) is 4.14. The number of ether oxygens (including phenoxy) is 1. The number of likely N-dealkylation sites (tertiary alicyclic amines) is 1. The Morgan fingerprint density at radius 1 is 1.12 bits per heavy atom. The Labute approximate surface area is 153 Å². The first-order valence-corrected chi connectivity index (χ1v) is 9.39. The van der Waals surface area contributed by atoms with Crippen molar-refractivity contribution >= 4 is 15.9 Å². The van der Waals surface area contributed by atoms with Crippen LogP contribution in [0.2, 0.25) is 0 Å². The van der Waals surface area contributed by atoms with Gasteiger partial charge in [-0.15, -0.1) is 0 Å². The molecule has 1 aliphatic heterocycles. The third kappa shape index (κ3) is 4.38. The van der Waals surface area contributed by atoms with Crippen molar-refractivity contribution in [2.75, 3.05) is 26.7 Å². The van der Waals surface area contributed by atoms with E-state index in [2.05, 4.69) is 62.5 Å². The van der Waals surface area contributed by atoms with Crippen LogP contribution in [0.1, 0.15) is 30.0 Å². The van der Waals surface area contributed by atoms with Crippen LogP contribution in [0.4, 0.5) is 0 Å². The summed E-state index contributed by atoms with van der Waals surface area (Å²) >= 11 is 3.55. The Hall–Kier alpha value is -1.36. The van der Waals surface area contributed by atoms with Crippen LogP contribution in [0.3, 0.4) is 0 Å². The molecule has 1 saturated heterocycles. The zero-order valence-corrected chi connectivity index (χ0v) is 15.8. The fourth-order valence-corrected chi connectivity index (χ4v) is 3.82. The Balaban J connectivity index is 1.67. The second-order valence-corrected chi connectivity index (χ2v) is 7.17. The van der Waals surface area contributed by atoms with Gasteiger partial charge >= 0.3 is 0 Å². The van der Waals surface area contributed by atoms with Crippen LogP contribution in [0.15, 0.2) is 53.0 Å². The summed E-state index contributed by atoms with van der Waals surface area (Å²) in [6.07, 6.45) is 2.62. The molecule has 0 aromatic heterocycles. The lowest BCUT2D eigenvalue weighted by Crippen LogP contribution is -2.34. The minimum absolute atomic E-state index is 0.437. The third-order valence-corrected chi connectivity index (χ3v) is 5.15. The Kier molecular flexibility index (Phi) is 6.30. The number of hydrogen-bond donors (Lipinski definition) is 1. The number of methoxy groups -OCH3 is 1. The van der Waals surface area contributed by atoms with Gasteiger partial charge in [0.1, 0.15) is 5.75 Å². The molecule has 0 amide bonds. The number of hydrogen-bond acceptors (Lipinski definition) is 3. The molecular weight excluding hydrogens is 364 g/mol. The first kappa shape index (κ1) is 17.5. The number of nitrogens with zero attached hydrogens (tertiary/aromatic N) is 1. The molecule has 3 nitrogen and oxygen atoms in total. The van der Waals surface area contributed by atoms with E-state index in [1.165, 1.54) is 37.1 Å². The first-order valence-electron chi connectivity index (χ1n) is 8.60. The van der Waals surface area contributed by atoms with E-state index >= 15 is 0 Å². The quantitative estimate of drug-likeness (QED) is 0.761. The van der Waals surface area contributed by atoms with Crippen LogP contribution in [0.25, 0.3) is 0 Å². The molecule has 2 aromatic carbocycles. The number of nitrogens with one attached hydrogen (secondary N) is 1. The van der Waals surface area contributed by atoms with E-state index in [4.69, 9.17) is 4.74 Å². The Morgan fingerprint density at radius 2 is 1.88 bits per heavy atom. The number of halogens is 1. The highest BCUT2D eigenvalue weighted by atomic mass is 79.9. The van der Waals surface area contributed by atoms with Gasteiger partial charge < -0.3 is 10.1 Å². The van der Waals surface area contributed by atoms with Gasteiger partial charge in [0.15, 0.2) is 0 Å². The highest BCUT2D eigenvalue weighted by Crippen LogP contribution is 2.26. The summed E-state index contributed by atoms with van der Waals surface area (Å²) in [5.74, 6) is 0.933. The molecule has 128 valence electrons. The molecule has 1 aliphatic rings. The van der Waals surface area contributed by atoms with Gasteiger partial charge in [0.2, 0.25) is 0 Å². The van der Waals surface area contributed by atoms with E-state index in [0.29, 0.717) is 6.04 Å². The van der Waals surface area contributed by atoms with Crippen molar-refractivity contribution in [3.8, 4) is 5.75 Å². The van der Waals surface area contributed by atoms with Gasteiger partial charge in [-0.3, -0.25) is 4.90 Å². The van der Waals surface area contributed by atoms with Crippen molar-refractivity contribution in [1.29, 1.82) is 0 Å². The first-order chi connectivity index (χ1) is 11.8. The normalized spacial score (nSPS) is 16.2. The van der Waals surface area contributed by atoms with Crippen LogP contribution in [0.5, 0.6) is 5.75 Å². The van der Waals surface area contributed by atoms with Gasteiger partial charge in [-0.25, -0.2) is 0 Å². The van der Waals surface area contributed by atoms with Crippen molar-refractivity contribution < 1.29 is 4.74 Å². The molecule has 24 heavy (non-hydrogen) atoms. The topological polar surface area (TPSA) is 24.5 Å². The van der Waals surface area contributed by atoms with Crippen LogP contribution < -0.4 is 10.1 Å². The lowest BCUT2D eigenvalue weighted by atomic mass is 10.1. The molecule has 0 radical (unpaired) electrons. The molecule has 3 rings (SSSR count). The van der Waals surface area contributed by atoms with E-state index in [0.717, 1.165) is 23.3 Å². The smallest absolute Gasteiger partial charge is 0.123 e. The summed E-state index contributed by atoms with van der Waals surface area (Å²) in [4.78, 5) is 2.60. The Morgan fingerprint density at radius 3 is 2.58 bits per heavy atom. The maximum Gasteiger partial charge on any atom is 0.123 e. The molecule has 4 heteroatoms. The lowest BCUT2D eigenvalue weighted by Gasteiger charge is -2.28. The SMILES string of the molecule is COc1ccc(Br)cc1CNCC(c1ccccc1)N1CCCC1. The zero-order valence-electron chi connectivity index (χ0n) is 14.2. The summed E-state index contributed by atoms with van der Waals surface area (Å²) in [5.41, 5.74) is 2.58. The van der Waals surface area contributed by atoms with E-state index in [1.54, 1.807) is 7.11 Å². The molecule has 0 aliphatic carbocycles.